The van der Waals surface area contributed by atoms with Gasteiger partial charge < -0.3 is 5.11 Å². The van der Waals surface area contributed by atoms with E-state index in [9.17, 15) is 17.6 Å². The number of halogens is 2. The van der Waals surface area contributed by atoms with Gasteiger partial charge in [-0.25, -0.2) is 17.6 Å². The minimum absolute atomic E-state index is 0.0392. The first-order valence-electron chi connectivity index (χ1n) is 5.80. The van der Waals surface area contributed by atoms with E-state index in [2.05, 4.69) is 15.9 Å². The third-order valence-electron chi connectivity index (χ3n) is 2.83. The number of carbonyl (C=O) groups is 1. The van der Waals surface area contributed by atoms with Gasteiger partial charge >= 0.3 is 5.97 Å². The Kier molecular flexibility index (Phi) is 4.43. The molecule has 0 spiro atoms. The SMILES string of the molecule is O=C(O)c1cc(S(=O)(=O)Cc2ccccc2F)ccc1Br. The van der Waals surface area contributed by atoms with E-state index in [1.165, 1.54) is 36.4 Å². The molecule has 2 aromatic carbocycles. The number of hydrogen-bond acceptors (Lipinski definition) is 3. The number of hydrogen-bond donors (Lipinski definition) is 1. The predicted molar refractivity (Wildman–Crippen MR) is 78.4 cm³/mol. The van der Waals surface area contributed by atoms with Crippen molar-refractivity contribution in [3.63, 3.8) is 0 Å². The topological polar surface area (TPSA) is 71.4 Å². The third kappa shape index (κ3) is 3.48. The minimum Gasteiger partial charge on any atom is -0.478 e. The maximum Gasteiger partial charge on any atom is 0.336 e. The van der Waals surface area contributed by atoms with Crippen molar-refractivity contribution in [2.75, 3.05) is 0 Å². The number of aromatic carboxylic acids is 1. The van der Waals surface area contributed by atoms with Crippen molar-refractivity contribution in [3.8, 4) is 0 Å². The van der Waals surface area contributed by atoms with Gasteiger partial charge in [-0.1, -0.05) is 18.2 Å². The first-order chi connectivity index (χ1) is 9.81. The van der Waals surface area contributed by atoms with Gasteiger partial charge in [0, 0.05) is 10.0 Å². The van der Waals surface area contributed by atoms with E-state index in [4.69, 9.17) is 5.11 Å². The average molecular weight is 373 g/mol. The summed E-state index contributed by atoms with van der Waals surface area (Å²) in [4.78, 5) is 10.9. The monoisotopic (exact) mass is 372 g/mol. The van der Waals surface area contributed by atoms with Crippen molar-refractivity contribution in [3.05, 3.63) is 63.9 Å². The highest BCUT2D eigenvalue weighted by atomic mass is 79.9. The van der Waals surface area contributed by atoms with Crippen LogP contribution in [0.1, 0.15) is 15.9 Å². The van der Waals surface area contributed by atoms with E-state index in [1.807, 2.05) is 0 Å². The molecule has 0 saturated heterocycles. The zero-order valence-electron chi connectivity index (χ0n) is 10.6. The maximum absolute atomic E-state index is 13.5. The summed E-state index contributed by atoms with van der Waals surface area (Å²) >= 11 is 3.04. The molecule has 0 heterocycles. The fourth-order valence-electron chi connectivity index (χ4n) is 1.77. The Morgan fingerprint density at radius 2 is 1.86 bits per heavy atom. The Bertz CT molecular complexity index is 802. The van der Waals surface area contributed by atoms with Crippen LogP contribution in [0.3, 0.4) is 0 Å². The van der Waals surface area contributed by atoms with Crippen LogP contribution >= 0.6 is 15.9 Å². The highest BCUT2D eigenvalue weighted by Gasteiger charge is 2.20. The Balaban J connectivity index is 2.43. The summed E-state index contributed by atoms with van der Waals surface area (Å²) in [5, 5.41) is 9.00. The number of carboxylic acids is 1. The van der Waals surface area contributed by atoms with Crippen molar-refractivity contribution in [1.29, 1.82) is 0 Å². The zero-order chi connectivity index (χ0) is 15.6. The normalized spacial score (nSPS) is 11.3. The molecule has 0 radical (unpaired) electrons. The molecule has 0 saturated carbocycles. The van der Waals surface area contributed by atoms with E-state index < -0.39 is 27.4 Å². The minimum atomic E-state index is -3.83. The van der Waals surface area contributed by atoms with Crippen LogP contribution in [0.2, 0.25) is 0 Å². The molecule has 0 aromatic heterocycles. The second-order valence-electron chi connectivity index (χ2n) is 4.30. The van der Waals surface area contributed by atoms with Gasteiger partial charge in [0.1, 0.15) is 5.82 Å². The Morgan fingerprint density at radius 3 is 2.48 bits per heavy atom. The number of carboxylic acid groups (broad SMARTS) is 1. The lowest BCUT2D eigenvalue weighted by Gasteiger charge is -2.07. The smallest absolute Gasteiger partial charge is 0.336 e. The molecule has 110 valence electrons. The number of rotatable bonds is 4. The van der Waals surface area contributed by atoms with Crippen molar-refractivity contribution in [2.45, 2.75) is 10.6 Å². The van der Waals surface area contributed by atoms with Gasteiger partial charge in [-0.05, 0) is 40.2 Å². The van der Waals surface area contributed by atoms with Crippen LogP contribution in [-0.4, -0.2) is 19.5 Å². The Morgan fingerprint density at radius 1 is 1.19 bits per heavy atom. The molecule has 7 heteroatoms. The summed E-state index contributed by atoms with van der Waals surface area (Å²) in [6, 6.07) is 9.25. The predicted octanol–water partition coefficient (Wildman–Crippen LogP) is 3.26. The maximum atomic E-state index is 13.5. The summed E-state index contributed by atoms with van der Waals surface area (Å²) in [7, 11) is -3.83. The first kappa shape index (κ1) is 15.7. The van der Waals surface area contributed by atoms with Gasteiger partial charge in [-0.15, -0.1) is 0 Å². The largest absolute Gasteiger partial charge is 0.478 e. The van der Waals surface area contributed by atoms with Gasteiger partial charge in [-0.3, -0.25) is 0 Å². The molecule has 2 aromatic rings. The van der Waals surface area contributed by atoms with Crippen LogP contribution in [0.5, 0.6) is 0 Å². The van der Waals surface area contributed by atoms with Crippen LogP contribution in [-0.2, 0) is 15.6 Å². The van der Waals surface area contributed by atoms with Crippen LogP contribution in [0, 0.1) is 5.82 Å². The molecular formula is C14H10BrFO4S. The number of benzene rings is 2. The quantitative estimate of drug-likeness (QED) is 0.893. The highest BCUT2D eigenvalue weighted by Crippen LogP contribution is 2.24. The standard InChI is InChI=1S/C14H10BrFO4S/c15-12-6-5-10(7-11(12)14(17)18)21(19,20)8-9-3-1-2-4-13(9)16/h1-7H,8H2,(H,17,18). The van der Waals surface area contributed by atoms with Crippen molar-refractivity contribution < 1.29 is 22.7 Å². The molecule has 0 amide bonds. The van der Waals surface area contributed by atoms with E-state index >= 15 is 0 Å². The van der Waals surface area contributed by atoms with E-state index in [0.717, 1.165) is 6.07 Å². The lowest BCUT2D eigenvalue weighted by molar-refractivity contribution is 0.0695. The fraction of sp³-hybridized carbons (Fsp3) is 0.0714. The van der Waals surface area contributed by atoms with Gasteiger partial charge in [0.15, 0.2) is 9.84 Å². The summed E-state index contributed by atoms with van der Waals surface area (Å²) in [5.41, 5.74) is -0.123. The van der Waals surface area contributed by atoms with Crippen LogP contribution in [0.25, 0.3) is 0 Å². The molecular weight excluding hydrogens is 363 g/mol. The van der Waals surface area contributed by atoms with Crippen molar-refractivity contribution in [1.82, 2.24) is 0 Å². The molecule has 0 bridgehead atoms. The lowest BCUT2D eigenvalue weighted by Crippen LogP contribution is -2.08. The van der Waals surface area contributed by atoms with Gasteiger partial charge in [0.05, 0.1) is 16.2 Å². The molecule has 0 atom stereocenters. The fourth-order valence-corrected chi connectivity index (χ4v) is 3.56. The highest BCUT2D eigenvalue weighted by molar-refractivity contribution is 9.10. The average Bonchev–Trinajstić information content (AvgIpc) is 2.41. The summed E-state index contributed by atoms with van der Waals surface area (Å²) < 4.78 is 38.3. The first-order valence-corrected chi connectivity index (χ1v) is 8.25. The summed E-state index contributed by atoms with van der Waals surface area (Å²) in [6.45, 7) is 0. The second kappa shape index (κ2) is 5.95. The molecule has 21 heavy (non-hydrogen) atoms. The third-order valence-corrected chi connectivity index (χ3v) is 5.19. The van der Waals surface area contributed by atoms with Crippen LogP contribution < -0.4 is 0 Å². The van der Waals surface area contributed by atoms with E-state index in [0.29, 0.717) is 0 Å². The van der Waals surface area contributed by atoms with Crippen LogP contribution in [0.15, 0.2) is 51.8 Å². The molecule has 0 aliphatic rings. The van der Waals surface area contributed by atoms with Gasteiger partial charge in [-0.2, -0.15) is 0 Å². The molecule has 1 N–H and O–H groups in total. The summed E-state index contributed by atoms with van der Waals surface area (Å²) in [5.74, 6) is -2.39. The number of sulfone groups is 1. The second-order valence-corrected chi connectivity index (χ2v) is 7.14. The van der Waals surface area contributed by atoms with Crippen molar-refractivity contribution in [2.24, 2.45) is 0 Å². The molecule has 0 aliphatic heterocycles. The van der Waals surface area contributed by atoms with Crippen LogP contribution in [0.4, 0.5) is 4.39 Å². The lowest BCUT2D eigenvalue weighted by atomic mass is 10.2. The van der Waals surface area contributed by atoms with Gasteiger partial charge in [0.25, 0.3) is 0 Å². The summed E-state index contributed by atoms with van der Waals surface area (Å²) in [6.07, 6.45) is 0. The Labute approximate surface area is 129 Å². The van der Waals surface area contributed by atoms with Crippen molar-refractivity contribution >= 4 is 31.7 Å². The molecule has 0 aliphatic carbocycles. The molecule has 2 rings (SSSR count). The molecule has 4 nitrogen and oxygen atoms in total. The Hall–Kier alpha value is -1.73. The van der Waals surface area contributed by atoms with E-state index in [-0.39, 0.29) is 20.5 Å². The molecule has 0 fully saturated rings. The molecule has 0 unspecified atom stereocenters. The van der Waals surface area contributed by atoms with Gasteiger partial charge in [0.2, 0.25) is 0 Å². The zero-order valence-corrected chi connectivity index (χ0v) is 13.0. The van der Waals surface area contributed by atoms with E-state index in [1.54, 1.807) is 0 Å².